The van der Waals surface area contributed by atoms with E-state index in [9.17, 15) is 0 Å². The third-order valence-electron chi connectivity index (χ3n) is 13.2. The van der Waals surface area contributed by atoms with Crippen LogP contribution in [0.15, 0.2) is 212 Å². The van der Waals surface area contributed by atoms with Gasteiger partial charge in [-0.2, -0.15) is 0 Å². The maximum absolute atomic E-state index is 5.44. The van der Waals surface area contributed by atoms with Gasteiger partial charge in [-0.05, 0) is 94.3 Å². The van der Waals surface area contributed by atoms with E-state index in [1.165, 1.54) is 59.8 Å². The molecule has 0 fully saturated rings. The highest BCUT2D eigenvalue weighted by Gasteiger charge is 2.23. The Morgan fingerprint density at radius 2 is 0.778 bits per heavy atom. The van der Waals surface area contributed by atoms with Gasteiger partial charge in [-0.25, -0.2) is 9.97 Å². The molecule has 0 aliphatic rings. The predicted octanol–water partition coefficient (Wildman–Crippen LogP) is 14.9. The van der Waals surface area contributed by atoms with Gasteiger partial charge in [0.05, 0.1) is 44.1 Å². The van der Waals surface area contributed by atoms with E-state index in [1.54, 1.807) is 0 Å². The van der Waals surface area contributed by atoms with Crippen molar-refractivity contribution in [2.45, 2.75) is 0 Å². The minimum absolute atomic E-state index is 0.811. The quantitative estimate of drug-likeness (QED) is 0.178. The summed E-state index contributed by atoms with van der Waals surface area (Å²) in [5.74, 6) is 0.811. The van der Waals surface area contributed by atoms with Crippen LogP contribution in [0, 0.1) is 0 Å². The molecule has 0 saturated heterocycles. The normalized spacial score (nSPS) is 12.1. The summed E-state index contributed by atoms with van der Waals surface area (Å²) in [4.78, 5) is 10.8. The Hall–Kier alpha value is -8.54. The van der Waals surface area contributed by atoms with Gasteiger partial charge in [0.1, 0.15) is 5.69 Å². The summed E-state index contributed by atoms with van der Waals surface area (Å²) in [5, 5.41) is 12.1. The second kappa shape index (κ2) is 13.0. The van der Waals surface area contributed by atoms with E-state index in [0.29, 0.717) is 0 Å². The first-order valence-corrected chi connectivity index (χ1v) is 21.5. The molecule has 5 heteroatoms. The number of fused-ring (bicyclic) bond motifs is 13. The lowest BCUT2D eigenvalue weighted by atomic mass is 10.0. The number of para-hydroxylation sites is 5. The Balaban J connectivity index is 1.04. The molecule has 0 aliphatic carbocycles. The van der Waals surface area contributed by atoms with Crippen molar-refractivity contribution in [3.8, 4) is 28.5 Å². The van der Waals surface area contributed by atoms with Crippen LogP contribution < -0.4 is 0 Å². The molecule has 0 saturated carbocycles. The maximum atomic E-state index is 5.44. The van der Waals surface area contributed by atoms with Crippen LogP contribution in [-0.2, 0) is 0 Å². The van der Waals surface area contributed by atoms with E-state index >= 15 is 0 Å². The molecule has 0 N–H and O–H groups in total. The van der Waals surface area contributed by atoms with Gasteiger partial charge in [0.25, 0.3) is 0 Å². The van der Waals surface area contributed by atoms with E-state index < -0.39 is 0 Å². The zero-order valence-electron chi connectivity index (χ0n) is 33.9. The molecule has 0 bridgehead atoms. The number of hydrogen-bond donors (Lipinski definition) is 0. The number of aromatic nitrogens is 5. The Labute approximate surface area is 360 Å². The van der Waals surface area contributed by atoms with Gasteiger partial charge in [-0.15, -0.1) is 0 Å². The fourth-order valence-corrected chi connectivity index (χ4v) is 10.5. The summed E-state index contributed by atoms with van der Waals surface area (Å²) in [6.07, 6.45) is 0. The smallest absolute Gasteiger partial charge is 0.165 e. The van der Waals surface area contributed by atoms with Crippen molar-refractivity contribution in [3.05, 3.63) is 212 Å². The molecule has 292 valence electrons. The molecule has 0 amide bonds. The summed E-state index contributed by atoms with van der Waals surface area (Å²) < 4.78 is 7.21. The van der Waals surface area contributed by atoms with Gasteiger partial charge < -0.3 is 9.13 Å². The lowest BCUT2D eigenvalue weighted by molar-refractivity contribution is 1.08. The van der Waals surface area contributed by atoms with Crippen LogP contribution in [0.2, 0.25) is 0 Å². The standard InChI is InChI=1S/C58H35N5/c1-2-16-38-34-39(29-28-36(38)14-1)61-50-26-11-6-20-44(50)55-53(61)32-33-54-56(55)45-21-7-12-27-51(45)62(54)40-30-31-52-46(35-40)42-19-5-10-25-49(42)63(52)58-57(59-47-23-8-9-24-48(47)60-58)43-22-13-17-37-15-3-4-18-41(37)43/h1-35H. The molecule has 14 rings (SSSR count). The predicted molar refractivity (Wildman–Crippen MR) is 263 cm³/mol. The van der Waals surface area contributed by atoms with Gasteiger partial charge in [0, 0.05) is 49.3 Å². The minimum Gasteiger partial charge on any atom is -0.309 e. The van der Waals surface area contributed by atoms with Crippen LogP contribution in [0.5, 0.6) is 0 Å². The van der Waals surface area contributed by atoms with Crippen LogP contribution in [-0.4, -0.2) is 23.7 Å². The average Bonchev–Trinajstić information content (AvgIpc) is 3.98. The van der Waals surface area contributed by atoms with Crippen molar-refractivity contribution in [1.82, 2.24) is 23.7 Å². The second-order valence-corrected chi connectivity index (χ2v) is 16.6. The van der Waals surface area contributed by atoms with E-state index in [-0.39, 0.29) is 0 Å². The molecule has 0 radical (unpaired) electrons. The first-order chi connectivity index (χ1) is 31.3. The van der Waals surface area contributed by atoms with Crippen LogP contribution in [0.25, 0.3) is 126 Å². The first-order valence-electron chi connectivity index (χ1n) is 21.5. The van der Waals surface area contributed by atoms with Crippen LogP contribution in [0.1, 0.15) is 0 Å². The third kappa shape index (κ3) is 4.87. The summed E-state index contributed by atoms with van der Waals surface area (Å²) >= 11 is 0. The van der Waals surface area contributed by atoms with Crippen molar-refractivity contribution >= 4 is 98.0 Å². The molecular formula is C58H35N5. The molecule has 14 aromatic rings. The van der Waals surface area contributed by atoms with Crippen molar-refractivity contribution in [3.63, 3.8) is 0 Å². The zero-order chi connectivity index (χ0) is 41.2. The highest BCUT2D eigenvalue weighted by Crippen LogP contribution is 2.44. The third-order valence-corrected chi connectivity index (χ3v) is 13.2. The van der Waals surface area contributed by atoms with Gasteiger partial charge in [-0.1, -0.05) is 140 Å². The van der Waals surface area contributed by atoms with Crippen molar-refractivity contribution < 1.29 is 0 Å². The summed E-state index contributed by atoms with van der Waals surface area (Å²) in [6.45, 7) is 0. The van der Waals surface area contributed by atoms with Crippen molar-refractivity contribution in [1.29, 1.82) is 0 Å². The van der Waals surface area contributed by atoms with Gasteiger partial charge in [0.2, 0.25) is 0 Å². The summed E-state index contributed by atoms with van der Waals surface area (Å²) in [7, 11) is 0. The Bertz CT molecular complexity index is 4220. The molecule has 0 spiro atoms. The number of nitrogens with zero attached hydrogens (tertiary/aromatic N) is 5. The monoisotopic (exact) mass is 801 g/mol. The summed E-state index contributed by atoms with van der Waals surface area (Å²) in [6, 6.07) is 76.6. The highest BCUT2D eigenvalue weighted by atomic mass is 15.1. The van der Waals surface area contributed by atoms with Crippen molar-refractivity contribution in [2.24, 2.45) is 0 Å². The molecule has 5 nitrogen and oxygen atoms in total. The van der Waals surface area contributed by atoms with Crippen LogP contribution in [0.3, 0.4) is 0 Å². The number of benzene rings is 10. The fourth-order valence-electron chi connectivity index (χ4n) is 10.5. The maximum Gasteiger partial charge on any atom is 0.165 e. The molecule has 4 heterocycles. The molecule has 0 aliphatic heterocycles. The van der Waals surface area contributed by atoms with E-state index in [4.69, 9.17) is 9.97 Å². The van der Waals surface area contributed by atoms with Gasteiger partial charge >= 0.3 is 0 Å². The molecule has 4 aromatic heterocycles. The number of rotatable bonds is 4. The Kier molecular flexibility index (Phi) is 7.05. The average molecular weight is 802 g/mol. The van der Waals surface area contributed by atoms with Crippen LogP contribution >= 0.6 is 0 Å². The molecule has 0 unspecified atom stereocenters. The summed E-state index contributed by atoms with van der Waals surface area (Å²) in [5.41, 5.74) is 12.8. The Morgan fingerprint density at radius 3 is 1.49 bits per heavy atom. The zero-order valence-corrected chi connectivity index (χ0v) is 33.9. The second-order valence-electron chi connectivity index (χ2n) is 16.6. The van der Waals surface area contributed by atoms with E-state index in [1.807, 2.05) is 12.1 Å². The molecule has 63 heavy (non-hydrogen) atoms. The van der Waals surface area contributed by atoms with Gasteiger partial charge in [-0.3, -0.25) is 4.57 Å². The topological polar surface area (TPSA) is 40.6 Å². The van der Waals surface area contributed by atoms with E-state index in [0.717, 1.165) is 66.7 Å². The molecular weight excluding hydrogens is 767 g/mol. The van der Waals surface area contributed by atoms with E-state index in [2.05, 4.69) is 214 Å². The van der Waals surface area contributed by atoms with Gasteiger partial charge in [0.15, 0.2) is 5.82 Å². The first kappa shape index (κ1) is 34.2. The molecule has 0 atom stereocenters. The fraction of sp³-hybridized carbons (Fsp3) is 0. The number of hydrogen-bond acceptors (Lipinski definition) is 2. The van der Waals surface area contributed by atoms with Crippen molar-refractivity contribution in [2.75, 3.05) is 0 Å². The highest BCUT2D eigenvalue weighted by molar-refractivity contribution is 6.29. The Morgan fingerprint density at radius 1 is 0.286 bits per heavy atom. The van der Waals surface area contributed by atoms with Crippen LogP contribution in [0.4, 0.5) is 0 Å². The lowest BCUT2D eigenvalue weighted by Gasteiger charge is -2.15. The molecule has 10 aromatic carbocycles. The largest absolute Gasteiger partial charge is 0.309 e. The lowest BCUT2D eigenvalue weighted by Crippen LogP contribution is -2.04. The SMILES string of the molecule is c1ccc2cc(-n3c4ccccc4c4c5c6ccccc6n(-c6ccc7c(c6)c6ccccc6n7-c6nc7ccccc7nc6-c6cccc7ccccc67)c5ccc43)ccc2c1. The minimum atomic E-state index is 0.811.